The molecule has 1 aliphatic heterocycles. The Balaban J connectivity index is 0.000000970. The highest BCUT2D eigenvalue weighted by Crippen LogP contribution is 2.17. The quantitative estimate of drug-likeness (QED) is 0.597. The molecule has 1 aromatic carbocycles. The molecule has 0 bridgehead atoms. The van der Waals surface area contributed by atoms with Crippen LogP contribution in [0.2, 0.25) is 0 Å². The fraction of sp³-hybridized carbons (Fsp3) is 0.588. The number of piperazine rings is 1. The van der Waals surface area contributed by atoms with Gasteiger partial charge >= 0.3 is 6.18 Å². The third-order valence-electron chi connectivity index (χ3n) is 3.74. The minimum absolute atomic E-state index is 0.250. The Labute approximate surface area is 146 Å². The van der Waals surface area contributed by atoms with Gasteiger partial charge in [0.05, 0.1) is 13.2 Å². The summed E-state index contributed by atoms with van der Waals surface area (Å²) < 4.78 is 42.5. The summed E-state index contributed by atoms with van der Waals surface area (Å²) in [5.41, 5.74) is 1.16. The van der Waals surface area contributed by atoms with Crippen molar-refractivity contribution in [2.45, 2.75) is 19.2 Å². The standard InChI is InChI=1S/C16H23F3N2O.CH2O2/c17-16(18,19)14-21-10-8-20(9-11-21)7-4-12-22-13-15-5-2-1-3-6-15;2-1-3/h1-3,5-6H,4,7-14H2;1H,(H,2,3). The van der Waals surface area contributed by atoms with E-state index in [-0.39, 0.29) is 6.47 Å². The maximum absolute atomic E-state index is 12.3. The third kappa shape index (κ3) is 10.8. The van der Waals surface area contributed by atoms with Gasteiger partial charge in [-0.3, -0.25) is 9.69 Å². The highest BCUT2D eigenvalue weighted by atomic mass is 19.4. The topological polar surface area (TPSA) is 53.0 Å². The van der Waals surface area contributed by atoms with Crippen LogP contribution in [-0.2, 0) is 16.1 Å². The second-order valence-corrected chi connectivity index (χ2v) is 5.73. The maximum atomic E-state index is 12.3. The molecule has 0 unspecified atom stereocenters. The molecule has 1 fully saturated rings. The van der Waals surface area contributed by atoms with Gasteiger partial charge in [-0.15, -0.1) is 0 Å². The highest BCUT2D eigenvalue weighted by Gasteiger charge is 2.31. The number of hydrogen-bond acceptors (Lipinski definition) is 4. The van der Waals surface area contributed by atoms with Crippen molar-refractivity contribution in [1.29, 1.82) is 0 Å². The van der Waals surface area contributed by atoms with Crippen LogP contribution < -0.4 is 0 Å². The first-order valence-corrected chi connectivity index (χ1v) is 8.15. The monoisotopic (exact) mass is 362 g/mol. The minimum Gasteiger partial charge on any atom is -0.483 e. The summed E-state index contributed by atoms with van der Waals surface area (Å²) in [6.07, 6.45) is -3.18. The minimum atomic E-state index is -4.09. The van der Waals surface area contributed by atoms with E-state index in [9.17, 15) is 13.2 Å². The Morgan fingerprint density at radius 2 is 1.64 bits per heavy atom. The van der Waals surface area contributed by atoms with E-state index in [0.717, 1.165) is 18.5 Å². The van der Waals surface area contributed by atoms with Gasteiger partial charge in [0.25, 0.3) is 6.47 Å². The molecule has 0 amide bonds. The molecule has 1 saturated heterocycles. The van der Waals surface area contributed by atoms with Gasteiger partial charge in [0.1, 0.15) is 0 Å². The molecule has 2 rings (SSSR count). The summed E-state index contributed by atoms with van der Waals surface area (Å²) >= 11 is 0. The summed E-state index contributed by atoms with van der Waals surface area (Å²) in [4.78, 5) is 12.0. The van der Waals surface area contributed by atoms with E-state index in [0.29, 0.717) is 39.4 Å². The van der Waals surface area contributed by atoms with E-state index in [1.54, 1.807) is 0 Å². The Hall–Kier alpha value is -1.64. The largest absolute Gasteiger partial charge is 0.483 e. The molecule has 1 N–H and O–H groups in total. The average molecular weight is 362 g/mol. The zero-order chi connectivity index (χ0) is 18.5. The summed E-state index contributed by atoms with van der Waals surface area (Å²) in [5, 5.41) is 6.89. The van der Waals surface area contributed by atoms with Crippen LogP contribution in [0.4, 0.5) is 13.2 Å². The smallest absolute Gasteiger partial charge is 0.401 e. The number of ether oxygens (including phenoxy) is 1. The number of nitrogens with zero attached hydrogens (tertiary/aromatic N) is 2. The van der Waals surface area contributed by atoms with Crippen molar-refractivity contribution in [3.05, 3.63) is 35.9 Å². The van der Waals surface area contributed by atoms with Crippen molar-refractivity contribution in [3.63, 3.8) is 0 Å². The van der Waals surface area contributed by atoms with Gasteiger partial charge in [-0.1, -0.05) is 30.3 Å². The lowest BCUT2D eigenvalue weighted by molar-refractivity contribution is -0.149. The zero-order valence-electron chi connectivity index (χ0n) is 14.1. The predicted octanol–water partition coefficient (Wildman–Crippen LogP) is 2.47. The first kappa shape index (κ1) is 21.4. The second-order valence-electron chi connectivity index (χ2n) is 5.73. The molecule has 142 valence electrons. The first-order valence-electron chi connectivity index (χ1n) is 8.15. The van der Waals surface area contributed by atoms with Gasteiger partial charge in [-0.05, 0) is 12.0 Å². The van der Waals surface area contributed by atoms with Crippen LogP contribution in [0.1, 0.15) is 12.0 Å². The number of halogens is 3. The Kier molecular flexibility index (Phi) is 10.1. The van der Waals surface area contributed by atoms with Gasteiger partial charge in [-0.2, -0.15) is 13.2 Å². The molecule has 25 heavy (non-hydrogen) atoms. The van der Waals surface area contributed by atoms with E-state index in [2.05, 4.69) is 4.90 Å². The van der Waals surface area contributed by atoms with Crippen LogP contribution in [0.25, 0.3) is 0 Å². The van der Waals surface area contributed by atoms with Crippen LogP contribution in [-0.4, -0.2) is 73.4 Å². The first-order chi connectivity index (χ1) is 11.9. The fourth-order valence-corrected chi connectivity index (χ4v) is 2.58. The molecule has 0 saturated carbocycles. The van der Waals surface area contributed by atoms with E-state index in [1.165, 1.54) is 4.90 Å². The van der Waals surface area contributed by atoms with Crippen molar-refractivity contribution in [1.82, 2.24) is 9.80 Å². The van der Waals surface area contributed by atoms with Crippen molar-refractivity contribution < 1.29 is 27.8 Å². The molecule has 0 aromatic heterocycles. The summed E-state index contributed by atoms with van der Waals surface area (Å²) in [6.45, 7) is 3.52. The van der Waals surface area contributed by atoms with Crippen molar-refractivity contribution >= 4 is 6.47 Å². The number of hydrogen-bond donors (Lipinski definition) is 1. The van der Waals surface area contributed by atoms with Gasteiger partial charge in [-0.25, -0.2) is 0 Å². The average Bonchev–Trinajstić information content (AvgIpc) is 2.56. The fourth-order valence-electron chi connectivity index (χ4n) is 2.58. The normalized spacial score (nSPS) is 16.1. The Morgan fingerprint density at radius 1 is 1.08 bits per heavy atom. The van der Waals surface area contributed by atoms with Crippen LogP contribution in [0.5, 0.6) is 0 Å². The lowest BCUT2D eigenvalue weighted by Crippen LogP contribution is -2.49. The van der Waals surface area contributed by atoms with Crippen LogP contribution in [0.3, 0.4) is 0 Å². The summed E-state index contributed by atoms with van der Waals surface area (Å²) in [6, 6.07) is 10.00. The molecule has 0 atom stereocenters. The molecule has 5 nitrogen and oxygen atoms in total. The number of benzene rings is 1. The van der Waals surface area contributed by atoms with Gasteiger partial charge < -0.3 is 14.7 Å². The van der Waals surface area contributed by atoms with E-state index < -0.39 is 12.7 Å². The number of carbonyl (C=O) groups is 1. The molecular weight excluding hydrogens is 337 g/mol. The van der Waals surface area contributed by atoms with Crippen LogP contribution in [0.15, 0.2) is 30.3 Å². The predicted molar refractivity (Wildman–Crippen MR) is 88.3 cm³/mol. The van der Waals surface area contributed by atoms with E-state index in [4.69, 9.17) is 14.6 Å². The molecular formula is C17H25F3N2O3. The van der Waals surface area contributed by atoms with Crippen LogP contribution >= 0.6 is 0 Å². The summed E-state index contributed by atoms with van der Waals surface area (Å²) in [7, 11) is 0. The molecule has 1 heterocycles. The molecule has 0 radical (unpaired) electrons. The molecule has 0 aliphatic carbocycles. The lowest BCUT2D eigenvalue weighted by Gasteiger charge is -2.34. The molecule has 8 heteroatoms. The van der Waals surface area contributed by atoms with Gasteiger partial charge in [0.15, 0.2) is 0 Å². The Bertz CT molecular complexity index is 464. The van der Waals surface area contributed by atoms with Crippen molar-refractivity contribution in [2.75, 3.05) is 45.9 Å². The second kappa shape index (κ2) is 11.8. The molecule has 1 aliphatic rings. The van der Waals surface area contributed by atoms with Gasteiger partial charge in [0, 0.05) is 39.3 Å². The number of rotatable bonds is 7. The maximum Gasteiger partial charge on any atom is 0.401 e. The van der Waals surface area contributed by atoms with Gasteiger partial charge in [0.2, 0.25) is 0 Å². The molecule has 0 spiro atoms. The highest BCUT2D eigenvalue weighted by molar-refractivity contribution is 5.32. The van der Waals surface area contributed by atoms with Crippen LogP contribution in [0, 0.1) is 0 Å². The lowest BCUT2D eigenvalue weighted by atomic mass is 10.2. The van der Waals surface area contributed by atoms with E-state index in [1.807, 2.05) is 30.3 Å². The SMILES string of the molecule is FC(F)(F)CN1CCN(CCCOCc2ccccc2)CC1.O=CO. The Morgan fingerprint density at radius 3 is 2.20 bits per heavy atom. The van der Waals surface area contributed by atoms with E-state index >= 15 is 0 Å². The summed E-state index contributed by atoms with van der Waals surface area (Å²) in [5.74, 6) is 0. The third-order valence-corrected chi connectivity index (χ3v) is 3.74. The zero-order valence-corrected chi connectivity index (χ0v) is 14.1. The van der Waals surface area contributed by atoms with Crippen molar-refractivity contribution in [3.8, 4) is 0 Å². The number of alkyl halides is 3. The number of carboxylic acid groups (broad SMARTS) is 1. The van der Waals surface area contributed by atoms with Crippen molar-refractivity contribution in [2.24, 2.45) is 0 Å². The molecule has 1 aromatic rings.